The van der Waals surface area contributed by atoms with Crippen molar-refractivity contribution in [3.05, 3.63) is 48.5 Å². The summed E-state index contributed by atoms with van der Waals surface area (Å²) in [4.78, 5) is 27.5. The molecule has 0 spiro atoms. The second-order valence-electron chi connectivity index (χ2n) is 5.74. The number of aryl methyl sites for hydroxylation is 1. The monoisotopic (exact) mass is 384 g/mol. The number of imidazole rings is 1. The summed E-state index contributed by atoms with van der Waals surface area (Å²) in [5, 5.41) is 3.65. The van der Waals surface area contributed by atoms with Crippen LogP contribution in [0.4, 0.5) is 5.69 Å². The first-order valence-corrected chi connectivity index (χ1v) is 9.44. The van der Waals surface area contributed by atoms with Crippen LogP contribution in [0.1, 0.15) is 6.92 Å². The Morgan fingerprint density at radius 3 is 2.63 bits per heavy atom. The van der Waals surface area contributed by atoms with Crippen LogP contribution in [0.5, 0.6) is 5.75 Å². The first kappa shape index (κ1) is 18.8. The minimum atomic E-state index is -0.539. The summed E-state index contributed by atoms with van der Waals surface area (Å²) in [7, 11) is 0. The lowest BCUT2D eigenvalue weighted by molar-refractivity contribution is -0.120. The number of hydrogen-bond donors (Lipinski definition) is 2. The normalized spacial score (nSPS) is 10.7. The fourth-order valence-corrected chi connectivity index (χ4v) is 3.46. The van der Waals surface area contributed by atoms with E-state index >= 15 is 0 Å². The molecular weight excluding hydrogens is 364 g/mol. The van der Waals surface area contributed by atoms with Crippen molar-refractivity contribution < 1.29 is 14.3 Å². The van der Waals surface area contributed by atoms with Crippen molar-refractivity contribution in [1.82, 2.24) is 9.55 Å². The van der Waals surface area contributed by atoms with Gasteiger partial charge in [0.25, 0.3) is 5.91 Å². The van der Waals surface area contributed by atoms with Gasteiger partial charge in [0, 0.05) is 12.2 Å². The molecule has 0 unspecified atom stereocenters. The van der Waals surface area contributed by atoms with Gasteiger partial charge in [-0.1, -0.05) is 23.9 Å². The van der Waals surface area contributed by atoms with Crippen LogP contribution in [0.2, 0.25) is 0 Å². The second-order valence-corrected chi connectivity index (χ2v) is 6.69. The van der Waals surface area contributed by atoms with E-state index < -0.39 is 5.91 Å². The van der Waals surface area contributed by atoms with E-state index in [0.29, 0.717) is 11.4 Å². The second kappa shape index (κ2) is 8.59. The molecule has 0 radical (unpaired) electrons. The van der Waals surface area contributed by atoms with Crippen LogP contribution >= 0.6 is 11.8 Å². The predicted octanol–water partition coefficient (Wildman–Crippen LogP) is 2.65. The number of nitrogens with two attached hydrogens (primary N) is 1. The highest BCUT2D eigenvalue weighted by Gasteiger charge is 2.12. The van der Waals surface area contributed by atoms with Crippen LogP contribution in [0.3, 0.4) is 0 Å². The topological polar surface area (TPSA) is 99.2 Å². The molecule has 1 heterocycles. The molecule has 0 fully saturated rings. The lowest BCUT2D eigenvalue weighted by atomic mass is 10.3. The summed E-state index contributed by atoms with van der Waals surface area (Å²) in [5.74, 6) is 0.101. The summed E-state index contributed by atoms with van der Waals surface area (Å²) >= 11 is 1.40. The number of rotatable bonds is 8. The van der Waals surface area contributed by atoms with Crippen LogP contribution in [0.25, 0.3) is 11.0 Å². The Kier molecular flexibility index (Phi) is 5.97. The van der Waals surface area contributed by atoms with Crippen molar-refractivity contribution in [3.63, 3.8) is 0 Å². The molecule has 3 aromatic rings. The van der Waals surface area contributed by atoms with Crippen molar-refractivity contribution in [2.24, 2.45) is 5.73 Å². The molecule has 3 rings (SSSR count). The SMILES string of the molecule is CCn1c(SCC(=O)Nc2ccc(OCC(N)=O)cc2)nc2ccccc21. The number of nitrogens with zero attached hydrogens (tertiary/aromatic N) is 2. The summed E-state index contributed by atoms with van der Waals surface area (Å²) in [6, 6.07) is 14.7. The largest absolute Gasteiger partial charge is 0.484 e. The fraction of sp³-hybridized carbons (Fsp3) is 0.211. The Morgan fingerprint density at radius 1 is 1.19 bits per heavy atom. The number of carbonyl (C=O) groups is 2. The zero-order valence-corrected chi connectivity index (χ0v) is 15.7. The van der Waals surface area contributed by atoms with E-state index in [2.05, 4.69) is 21.8 Å². The Morgan fingerprint density at radius 2 is 1.93 bits per heavy atom. The fourth-order valence-electron chi connectivity index (χ4n) is 2.59. The molecule has 0 saturated carbocycles. The Hall–Kier alpha value is -3.00. The van der Waals surface area contributed by atoms with Gasteiger partial charge in [0.2, 0.25) is 5.91 Å². The molecule has 3 N–H and O–H groups in total. The maximum Gasteiger partial charge on any atom is 0.255 e. The van der Waals surface area contributed by atoms with E-state index in [1.54, 1.807) is 24.3 Å². The number of amides is 2. The van der Waals surface area contributed by atoms with Gasteiger partial charge in [-0.25, -0.2) is 4.98 Å². The molecule has 0 saturated heterocycles. The van der Waals surface area contributed by atoms with Crippen LogP contribution in [-0.4, -0.2) is 33.7 Å². The van der Waals surface area contributed by atoms with E-state index in [-0.39, 0.29) is 18.3 Å². The number of aromatic nitrogens is 2. The number of hydrogen-bond acceptors (Lipinski definition) is 5. The third-order valence-electron chi connectivity index (χ3n) is 3.79. The Balaban J connectivity index is 1.58. The first-order valence-electron chi connectivity index (χ1n) is 8.46. The van der Waals surface area contributed by atoms with Crippen molar-refractivity contribution in [1.29, 1.82) is 0 Å². The molecule has 2 aromatic carbocycles. The van der Waals surface area contributed by atoms with E-state index in [1.807, 2.05) is 24.3 Å². The van der Waals surface area contributed by atoms with Crippen molar-refractivity contribution in [2.45, 2.75) is 18.6 Å². The van der Waals surface area contributed by atoms with Gasteiger partial charge in [0.1, 0.15) is 5.75 Å². The Labute approximate surface area is 160 Å². The van der Waals surface area contributed by atoms with Gasteiger partial charge in [0.15, 0.2) is 11.8 Å². The molecule has 0 atom stereocenters. The van der Waals surface area contributed by atoms with Crippen LogP contribution in [0.15, 0.2) is 53.7 Å². The van der Waals surface area contributed by atoms with E-state index in [4.69, 9.17) is 10.5 Å². The summed E-state index contributed by atoms with van der Waals surface area (Å²) in [6.45, 7) is 2.66. The zero-order chi connectivity index (χ0) is 19.2. The molecule has 2 amide bonds. The third-order valence-corrected chi connectivity index (χ3v) is 4.76. The lowest BCUT2D eigenvalue weighted by Gasteiger charge is -2.08. The van der Waals surface area contributed by atoms with Crippen LogP contribution in [-0.2, 0) is 16.1 Å². The highest BCUT2D eigenvalue weighted by molar-refractivity contribution is 7.99. The number of anilines is 1. The highest BCUT2D eigenvalue weighted by Crippen LogP contribution is 2.24. The minimum absolute atomic E-state index is 0.125. The molecule has 0 aliphatic rings. The molecule has 0 aliphatic carbocycles. The summed E-state index contributed by atoms with van der Waals surface area (Å²) < 4.78 is 7.28. The number of carbonyl (C=O) groups excluding carboxylic acids is 2. The predicted molar refractivity (Wildman–Crippen MR) is 106 cm³/mol. The van der Waals surface area contributed by atoms with Gasteiger partial charge in [-0.3, -0.25) is 9.59 Å². The number of ether oxygens (including phenoxy) is 1. The molecule has 140 valence electrons. The maximum absolute atomic E-state index is 12.2. The third kappa shape index (κ3) is 4.79. The molecule has 27 heavy (non-hydrogen) atoms. The number of thioether (sulfide) groups is 1. The Bertz CT molecular complexity index is 953. The molecular formula is C19H20N4O3S. The first-order chi connectivity index (χ1) is 13.1. The smallest absolute Gasteiger partial charge is 0.255 e. The van der Waals surface area contributed by atoms with Gasteiger partial charge in [-0.05, 0) is 43.3 Å². The molecule has 0 aliphatic heterocycles. The maximum atomic E-state index is 12.2. The average Bonchev–Trinajstić information content (AvgIpc) is 3.03. The number of primary amides is 1. The van der Waals surface area contributed by atoms with E-state index in [0.717, 1.165) is 22.7 Å². The van der Waals surface area contributed by atoms with Crippen LogP contribution < -0.4 is 15.8 Å². The minimum Gasteiger partial charge on any atom is -0.484 e. The van der Waals surface area contributed by atoms with Gasteiger partial charge >= 0.3 is 0 Å². The van der Waals surface area contributed by atoms with E-state index in [9.17, 15) is 9.59 Å². The van der Waals surface area contributed by atoms with Gasteiger partial charge in [-0.2, -0.15) is 0 Å². The number of nitrogens with one attached hydrogen (secondary N) is 1. The molecule has 8 heteroatoms. The lowest BCUT2D eigenvalue weighted by Crippen LogP contribution is -2.20. The molecule has 0 bridgehead atoms. The van der Waals surface area contributed by atoms with Gasteiger partial charge < -0.3 is 20.4 Å². The quantitative estimate of drug-likeness (QED) is 0.582. The number of para-hydroxylation sites is 2. The number of fused-ring (bicyclic) bond motifs is 1. The standard InChI is InChI=1S/C19H20N4O3S/c1-2-23-16-6-4-3-5-15(16)22-19(23)27-12-18(25)21-13-7-9-14(10-8-13)26-11-17(20)24/h3-10H,2,11-12H2,1H3,(H2,20,24)(H,21,25). The zero-order valence-electron chi connectivity index (χ0n) is 14.8. The molecule has 1 aromatic heterocycles. The van der Waals surface area contributed by atoms with Gasteiger partial charge in [0.05, 0.1) is 16.8 Å². The summed E-state index contributed by atoms with van der Waals surface area (Å²) in [6.07, 6.45) is 0. The summed E-state index contributed by atoms with van der Waals surface area (Å²) in [5.41, 5.74) is 7.67. The van der Waals surface area contributed by atoms with Crippen molar-refractivity contribution in [3.8, 4) is 5.75 Å². The van der Waals surface area contributed by atoms with Crippen LogP contribution in [0, 0.1) is 0 Å². The van der Waals surface area contributed by atoms with Crippen molar-refractivity contribution in [2.75, 3.05) is 17.7 Å². The van der Waals surface area contributed by atoms with E-state index in [1.165, 1.54) is 11.8 Å². The van der Waals surface area contributed by atoms with Crippen molar-refractivity contribution >= 4 is 40.3 Å². The molecule has 7 nitrogen and oxygen atoms in total. The number of benzene rings is 2. The average molecular weight is 384 g/mol. The highest BCUT2D eigenvalue weighted by atomic mass is 32.2. The van der Waals surface area contributed by atoms with Gasteiger partial charge in [-0.15, -0.1) is 0 Å².